The van der Waals surface area contributed by atoms with E-state index in [1.807, 2.05) is 42.5 Å². The third-order valence-corrected chi connectivity index (χ3v) is 7.06. The van der Waals surface area contributed by atoms with E-state index >= 15 is 0 Å². The fraction of sp³-hybridized carbons (Fsp3) is 0.280. The van der Waals surface area contributed by atoms with E-state index in [-0.39, 0.29) is 36.0 Å². The molecule has 0 bridgehead atoms. The number of hydrogen-bond donors (Lipinski definition) is 0. The van der Waals surface area contributed by atoms with Crippen molar-refractivity contribution >= 4 is 46.7 Å². The summed E-state index contributed by atoms with van der Waals surface area (Å²) in [5, 5.41) is 2.00. The van der Waals surface area contributed by atoms with Crippen molar-refractivity contribution in [3.8, 4) is 11.1 Å². The van der Waals surface area contributed by atoms with Crippen molar-refractivity contribution in [2.24, 2.45) is 0 Å². The number of benzene rings is 3. The third kappa shape index (κ3) is 4.10. The number of nitrogens with zero attached hydrogens (tertiary/aromatic N) is 1. The van der Waals surface area contributed by atoms with E-state index in [2.05, 4.69) is 24.1 Å². The summed E-state index contributed by atoms with van der Waals surface area (Å²) >= 11 is 1.49. The number of carbonyl (C=O) groups is 2. The molecule has 1 heterocycles. The third-order valence-electron chi connectivity index (χ3n) is 6.02. The first kappa shape index (κ1) is 21.9. The zero-order valence-corrected chi connectivity index (χ0v) is 18.9. The highest BCUT2D eigenvalue weighted by Crippen LogP contribution is 2.42. The molecule has 0 radical (unpaired) electrons. The van der Waals surface area contributed by atoms with Crippen LogP contribution in [0.4, 0.5) is 0 Å². The van der Waals surface area contributed by atoms with Crippen molar-refractivity contribution in [2.45, 2.75) is 23.8 Å². The maximum atomic E-state index is 13.0. The van der Waals surface area contributed by atoms with Crippen LogP contribution in [0.15, 0.2) is 59.5 Å². The highest BCUT2D eigenvalue weighted by Gasteiger charge is 2.26. The second-order valence-corrected chi connectivity index (χ2v) is 9.01. The van der Waals surface area contributed by atoms with Crippen LogP contribution in [0, 0.1) is 0 Å². The first-order valence-electron chi connectivity index (χ1n) is 10.3. The second-order valence-electron chi connectivity index (χ2n) is 8.00. The Bertz CT molecular complexity index is 1150. The zero-order chi connectivity index (χ0) is 20.7. The van der Waals surface area contributed by atoms with Crippen LogP contribution in [0.1, 0.15) is 28.8 Å². The summed E-state index contributed by atoms with van der Waals surface area (Å²) in [7, 11) is 2.09. The van der Waals surface area contributed by atoms with Gasteiger partial charge in [0.15, 0.2) is 5.78 Å². The Balaban J connectivity index is 0.00000231. The van der Waals surface area contributed by atoms with Crippen LogP contribution in [0.5, 0.6) is 0 Å². The number of rotatable bonds is 4. The maximum absolute atomic E-state index is 13.0. The Morgan fingerprint density at radius 1 is 0.968 bits per heavy atom. The monoisotopic (exact) mass is 453 g/mol. The molecule has 0 amide bonds. The summed E-state index contributed by atoms with van der Waals surface area (Å²) in [6.45, 7) is 1.94. The van der Waals surface area contributed by atoms with E-state index in [4.69, 9.17) is 4.74 Å². The number of likely N-dealkylation sites (tertiary alicyclic amines) is 1. The normalized spacial score (nSPS) is 16.0. The lowest BCUT2D eigenvalue weighted by Gasteiger charge is -2.28. The number of halogens is 1. The quantitative estimate of drug-likeness (QED) is 0.314. The fourth-order valence-corrected chi connectivity index (χ4v) is 5.27. The molecule has 4 nitrogen and oxygen atoms in total. The topological polar surface area (TPSA) is 46.6 Å². The number of ketones is 1. The van der Waals surface area contributed by atoms with Gasteiger partial charge in [-0.1, -0.05) is 48.5 Å². The highest BCUT2D eigenvalue weighted by atomic mass is 35.5. The van der Waals surface area contributed by atoms with Crippen molar-refractivity contribution in [3.05, 3.63) is 65.7 Å². The smallest absolute Gasteiger partial charge is 0.316 e. The first-order valence-corrected chi connectivity index (χ1v) is 11.3. The van der Waals surface area contributed by atoms with Crippen LogP contribution >= 0.6 is 24.2 Å². The van der Waals surface area contributed by atoms with Crippen LogP contribution in [0.25, 0.3) is 21.9 Å². The van der Waals surface area contributed by atoms with Crippen molar-refractivity contribution in [2.75, 3.05) is 25.9 Å². The zero-order valence-electron chi connectivity index (χ0n) is 17.3. The van der Waals surface area contributed by atoms with E-state index in [0.717, 1.165) is 63.9 Å². The SMILES string of the molecule is CN1CCC(OC(=O)CSc2ccc3c4c(cccc24)C(=O)c2ccccc2-3)CC1.Cl. The molecule has 6 heteroatoms. The molecule has 3 aromatic rings. The van der Waals surface area contributed by atoms with E-state index in [1.54, 1.807) is 0 Å². The molecule has 3 aromatic carbocycles. The number of carbonyl (C=O) groups excluding carboxylic acids is 2. The van der Waals surface area contributed by atoms with E-state index in [1.165, 1.54) is 11.8 Å². The predicted octanol–water partition coefficient (Wildman–Crippen LogP) is 5.20. The van der Waals surface area contributed by atoms with Gasteiger partial charge in [-0.05, 0) is 42.5 Å². The fourth-order valence-electron chi connectivity index (χ4n) is 4.44. The van der Waals surface area contributed by atoms with Crippen molar-refractivity contribution in [1.29, 1.82) is 0 Å². The molecule has 1 aliphatic heterocycles. The van der Waals surface area contributed by atoms with E-state index in [0.29, 0.717) is 0 Å². The molecular weight excluding hydrogens is 430 g/mol. The second kappa shape index (κ2) is 9.03. The van der Waals surface area contributed by atoms with Gasteiger partial charge in [0.2, 0.25) is 0 Å². The van der Waals surface area contributed by atoms with Gasteiger partial charge >= 0.3 is 5.97 Å². The van der Waals surface area contributed by atoms with Gasteiger partial charge in [0.05, 0.1) is 5.75 Å². The minimum absolute atomic E-state index is 0. The molecule has 2 aliphatic rings. The minimum Gasteiger partial charge on any atom is -0.462 e. The van der Waals surface area contributed by atoms with E-state index in [9.17, 15) is 9.59 Å². The van der Waals surface area contributed by atoms with Crippen molar-refractivity contribution < 1.29 is 14.3 Å². The number of piperidine rings is 1. The highest BCUT2D eigenvalue weighted by molar-refractivity contribution is 8.00. The van der Waals surface area contributed by atoms with Crippen molar-refractivity contribution in [3.63, 3.8) is 0 Å². The Hall–Kier alpha value is -2.34. The molecule has 0 spiro atoms. The van der Waals surface area contributed by atoms with Gasteiger partial charge in [-0.3, -0.25) is 9.59 Å². The number of fused-ring (bicyclic) bond motifs is 2. The van der Waals surface area contributed by atoms with Gasteiger partial charge < -0.3 is 9.64 Å². The Labute approximate surface area is 192 Å². The average Bonchev–Trinajstić information content (AvgIpc) is 2.77. The lowest BCUT2D eigenvalue weighted by Crippen LogP contribution is -2.35. The van der Waals surface area contributed by atoms with Crippen LogP contribution in [-0.2, 0) is 9.53 Å². The van der Waals surface area contributed by atoms with Crippen LogP contribution in [-0.4, -0.2) is 48.6 Å². The van der Waals surface area contributed by atoms with Crippen LogP contribution < -0.4 is 0 Å². The van der Waals surface area contributed by atoms with Gasteiger partial charge in [-0.25, -0.2) is 0 Å². The summed E-state index contributed by atoms with van der Waals surface area (Å²) in [4.78, 5) is 28.7. The van der Waals surface area contributed by atoms with Gasteiger partial charge in [0.1, 0.15) is 6.10 Å². The Morgan fingerprint density at radius 3 is 2.45 bits per heavy atom. The number of ether oxygens (including phenoxy) is 1. The molecule has 1 aliphatic carbocycles. The molecule has 1 saturated heterocycles. The molecule has 0 saturated carbocycles. The summed E-state index contributed by atoms with van der Waals surface area (Å²) in [6.07, 6.45) is 1.82. The van der Waals surface area contributed by atoms with Gasteiger partial charge in [-0.2, -0.15) is 0 Å². The lowest BCUT2D eigenvalue weighted by atomic mass is 9.83. The molecule has 0 aromatic heterocycles. The van der Waals surface area contributed by atoms with Crippen LogP contribution in [0.3, 0.4) is 0 Å². The molecule has 1 fully saturated rings. The molecule has 0 atom stereocenters. The van der Waals surface area contributed by atoms with E-state index < -0.39 is 0 Å². The summed E-state index contributed by atoms with van der Waals surface area (Å²) < 4.78 is 5.68. The first-order chi connectivity index (χ1) is 14.6. The molecule has 5 rings (SSSR count). The molecular formula is C25H24ClNO3S. The largest absolute Gasteiger partial charge is 0.462 e. The summed E-state index contributed by atoms with van der Waals surface area (Å²) in [5.74, 6) is 0.166. The van der Waals surface area contributed by atoms with Gasteiger partial charge in [0.25, 0.3) is 0 Å². The number of esters is 1. The molecule has 31 heavy (non-hydrogen) atoms. The van der Waals surface area contributed by atoms with Gasteiger partial charge in [-0.15, -0.1) is 24.2 Å². The Morgan fingerprint density at radius 2 is 1.68 bits per heavy atom. The lowest BCUT2D eigenvalue weighted by molar-refractivity contribution is -0.147. The van der Waals surface area contributed by atoms with Gasteiger partial charge in [0, 0.05) is 34.5 Å². The molecule has 160 valence electrons. The number of hydrogen-bond acceptors (Lipinski definition) is 5. The molecule has 0 N–H and O–H groups in total. The van der Waals surface area contributed by atoms with Crippen molar-refractivity contribution in [1.82, 2.24) is 4.90 Å². The molecule has 0 unspecified atom stereocenters. The maximum Gasteiger partial charge on any atom is 0.316 e. The van der Waals surface area contributed by atoms with Crippen LogP contribution in [0.2, 0.25) is 0 Å². The predicted molar refractivity (Wildman–Crippen MR) is 127 cm³/mol. The minimum atomic E-state index is -0.170. The average molecular weight is 454 g/mol. The summed E-state index contributed by atoms with van der Waals surface area (Å²) in [5.41, 5.74) is 3.54. The number of thioether (sulfide) groups is 1. The summed E-state index contributed by atoms with van der Waals surface area (Å²) in [6, 6.07) is 17.7. The standard InChI is InChI=1S/C25H23NO3S.ClH/c1-26-13-11-16(12-14-26)29-23(27)15-30-22-10-9-18-17-5-2-3-6-19(17)25(28)21-8-4-7-20(22)24(18)21;/h2-10,16H,11-15H2,1H3;1H. The Kier molecular flexibility index (Phi) is 6.37.